The van der Waals surface area contributed by atoms with Crippen molar-refractivity contribution in [3.63, 3.8) is 0 Å². The van der Waals surface area contributed by atoms with Crippen molar-refractivity contribution in [2.24, 2.45) is 0 Å². The molecule has 0 bridgehead atoms. The van der Waals surface area contributed by atoms with Crippen LogP contribution in [-0.4, -0.2) is 21.8 Å². The van der Waals surface area contributed by atoms with Gasteiger partial charge in [-0.1, -0.05) is 48.5 Å². The van der Waals surface area contributed by atoms with Crippen LogP contribution >= 0.6 is 0 Å². The fourth-order valence-corrected chi connectivity index (χ4v) is 4.82. The molecule has 0 aliphatic heterocycles. The predicted molar refractivity (Wildman–Crippen MR) is 146 cm³/mol. The van der Waals surface area contributed by atoms with Crippen LogP contribution in [0.2, 0.25) is 0 Å². The normalized spacial score (nSPS) is 17.9. The zero-order valence-corrected chi connectivity index (χ0v) is 20.4. The van der Waals surface area contributed by atoms with E-state index in [4.69, 9.17) is 13.1 Å². The number of carbonyl (C=O) groups is 2. The molecule has 3 aromatic rings. The van der Waals surface area contributed by atoms with Gasteiger partial charge in [0.25, 0.3) is 11.4 Å². The van der Waals surface area contributed by atoms with Crippen molar-refractivity contribution in [3.8, 4) is 23.6 Å². The number of fused-ring (bicyclic) bond motifs is 2. The van der Waals surface area contributed by atoms with Crippen LogP contribution < -0.4 is 0 Å². The SMILES string of the molecule is [C-]#[N+]/C(C#N)=C1\C(=C\c2cc(O)c(/C=C3\C(=O)c4ccccc4\C3=C(\C#N)[N+]#[C-])cc2O)C(=O)c2ccccc21. The summed E-state index contributed by atoms with van der Waals surface area (Å²) in [6, 6.07) is 19.1. The highest BCUT2D eigenvalue weighted by Gasteiger charge is 2.33. The van der Waals surface area contributed by atoms with E-state index < -0.39 is 11.6 Å². The molecule has 2 aliphatic carbocycles. The fourth-order valence-electron chi connectivity index (χ4n) is 4.82. The Morgan fingerprint density at radius 3 is 1.35 bits per heavy atom. The topological polar surface area (TPSA) is 131 Å². The van der Waals surface area contributed by atoms with E-state index in [1.54, 1.807) is 48.5 Å². The van der Waals surface area contributed by atoms with Crippen LogP contribution in [-0.2, 0) is 0 Å². The first kappa shape index (κ1) is 25.2. The second-order valence-corrected chi connectivity index (χ2v) is 8.73. The van der Waals surface area contributed by atoms with Crippen molar-refractivity contribution in [2.75, 3.05) is 0 Å². The molecule has 3 aromatic carbocycles. The molecule has 8 nitrogen and oxygen atoms in total. The maximum Gasteiger partial charge on any atom is 0.270 e. The fraction of sp³-hybridized carbons (Fsp3) is 0. The Morgan fingerprint density at radius 2 is 1.02 bits per heavy atom. The minimum Gasteiger partial charge on any atom is -0.507 e. The molecule has 0 atom stereocenters. The predicted octanol–water partition coefficient (Wildman–Crippen LogP) is 5.97. The summed E-state index contributed by atoms with van der Waals surface area (Å²) in [5, 5.41) is 40.7. The van der Waals surface area contributed by atoms with Gasteiger partial charge in [-0.15, -0.1) is 0 Å². The van der Waals surface area contributed by atoms with Crippen LogP contribution in [0, 0.1) is 35.8 Å². The minimum atomic E-state index is -0.445. The summed E-state index contributed by atoms with van der Waals surface area (Å²) < 4.78 is 0. The molecular weight excluding hydrogens is 504 g/mol. The smallest absolute Gasteiger partial charge is 0.270 e. The first-order valence-corrected chi connectivity index (χ1v) is 11.7. The number of nitrogens with zero attached hydrogens (tertiary/aromatic N) is 4. The minimum absolute atomic E-state index is 0.0110. The Bertz CT molecular complexity index is 1820. The summed E-state index contributed by atoms with van der Waals surface area (Å²) in [7, 11) is 0. The molecule has 0 saturated carbocycles. The van der Waals surface area contributed by atoms with Gasteiger partial charge in [-0.05, 0) is 35.4 Å². The number of carbonyl (C=O) groups excluding carboxylic acids is 2. The number of hydrogen-bond acceptors (Lipinski definition) is 6. The van der Waals surface area contributed by atoms with Crippen molar-refractivity contribution in [2.45, 2.75) is 0 Å². The number of benzene rings is 3. The van der Waals surface area contributed by atoms with Gasteiger partial charge in [0.15, 0.2) is 11.6 Å². The van der Waals surface area contributed by atoms with Crippen LogP contribution in [0.15, 0.2) is 83.2 Å². The van der Waals surface area contributed by atoms with Crippen LogP contribution in [0.3, 0.4) is 0 Å². The third-order valence-corrected chi connectivity index (χ3v) is 6.59. The highest BCUT2D eigenvalue weighted by Crippen LogP contribution is 2.43. The number of allylic oxidation sites excluding steroid dienone is 6. The average Bonchev–Trinajstić information content (AvgIpc) is 3.40. The quantitative estimate of drug-likeness (QED) is 0.186. The van der Waals surface area contributed by atoms with Gasteiger partial charge in [0.05, 0.1) is 25.3 Å². The van der Waals surface area contributed by atoms with E-state index in [-0.39, 0.29) is 56.3 Å². The van der Waals surface area contributed by atoms with E-state index in [0.717, 1.165) is 0 Å². The van der Waals surface area contributed by atoms with Crippen LogP contribution in [0.4, 0.5) is 0 Å². The Hall–Kier alpha value is -6.48. The van der Waals surface area contributed by atoms with E-state index in [1.165, 1.54) is 24.3 Å². The number of rotatable bonds is 2. The number of nitriles is 2. The van der Waals surface area contributed by atoms with Gasteiger partial charge in [0.1, 0.15) is 11.5 Å². The molecule has 0 radical (unpaired) electrons. The van der Waals surface area contributed by atoms with Crippen LogP contribution in [0.5, 0.6) is 11.5 Å². The highest BCUT2D eigenvalue weighted by atomic mass is 16.3. The lowest BCUT2D eigenvalue weighted by Gasteiger charge is -2.08. The molecule has 5 rings (SSSR count). The molecule has 0 saturated heterocycles. The standard InChI is InChI=1S/C32H14N4O4/c1-35-25(15-33)29-19-7-3-5-9-21(19)31(39)23(29)11-17-13-28(38)18(14-27(17)37)12-24-30(26(16-34)36-2)20-8-4-6-10-22(20)32(24)40/h3-14,37-38H/b23-11-,24-12-,29-25-,30-26+. The first-order chi connectivity index (χ1) is 19.3. The first-order valence-electron chi connectivity index (χ1n) is 11.7. The summed E-state index contributed by atoms with van der Waals surface area (Å²) >= 11 is 0. The van der Waals surface area contributed by atoms with Crippen molar-refractivity contribution < 1.29 is 19.8 Å². The molecule has 0 amide bonds. The molecule has 2 aliphatic rings. The molecule has 8 heteroatoms. The number of aromatic hydroxyl groups is 2. The molecule has 0 spiro atoms. The largest absolute Gasteiger partial charge is 0.507 e. The number of phenols is 2. The van der Waals surface area contributed by atoms with E-state index in [2.05, 4.69) is 9.69 Å². The number of ketones is 2. The Kier molecular flexibility index (Phi) is 6.15. The Balaban J connectivity index is 1.66. The summed E-state index contributed by atoms with van der Waals surface area (Å²) in [6.07, 6.45) is 2.58. The summed E-state index contributed by atoms with van der Waals surface area (Å²) in [5.74, 6) is -1.61. The summed E-state index contributed by atoms with van der Waals surface area (Å²) in [5.41, 5.74) is 1.22. The lowest BCUT2D eigenvalue weighted by atomic mass is 9.97. The highest BCUT2D eigenvalue weighted by molar-refractivity contribution is 6.30. The van der Waals surface area contributed by atoms with Crippen molar-refractivity contribution >= 4 is 34.9 Å². The summed E-state index contributed by atoms with van der Waals surface area (Å²) in [4.78, 5) is 32.9. The molecule has 0 unspecified atom stereocenters. The average molecular weight is 518 g/mol. The maximum absolute atomic E-state index is 13.2. The van der Waals surface area contributed by atoms with Gasteiger partial charge in [0.2, 0.25) is 0 Å². The molecule has 0 fully saturated rings. The molecule has 186 valence electrons. The zero-order valence-electron chi connectivity index (χ0n) is 20.4. The van der Waals surface area contributed by atoms with Crippen LogP contribution in [0.1, 0.15) is 43.0 Å². The van der Waals surface area contributed by atoms with Gasteiger partial charge in [-0.2, -0.15) is 0 Å². The Labute approximate surface area is 228 Å². The number of hydrogen-bond donors (Lipinski definition) is 2. The van der Waals surface area contributed by atoms with E-state index in [9.17, 15) is 30.3 Å². The van der Waals surface area contributed by atoms with Gasteiger partial charge < -0.3 is 10.2 Å². The lowest BCUT2D eigenvalue weighted by molar-refractivity contribution is 0.103. The maximum atomic E-state index is 13.2. The van der Waals surface area contributed by atoms with E-state index >= 15 is 0 Å². The van der Waals surface area contributed by atoms with Crippen molar-refractivity contribution in [1.82, 2.24) is 0 Å². The van der Waals surface area contributed by atoms with E-state index in [1.807, 2.05) is 12.1 Å². The molecule has 0 heterocycles. The molecular formula is C32H14N4O4. The van der Waals surface area contributed by atoms with Crippen LogP contribution in [0.25, 0.3) is 33.0 Å². The van der Waals surface area contributed by atoms with Gasteiger partial charge in [-0.3, -0.25) is 9.59 Å². The summed E-state index contributed by atoms with van der Waals surface area (Å²) in [6.45, 7) is 14.8. The number of Topliss-reactive ketones (excluding diaryl/α,β-unsaturated/α-hetero) is 2. The zero-order chi connectivity index (χ0) is 28.6. The van der Waals surface area contributed by atoms with Crippen molar-refractivity contribution in [1.29, 1.82) is 10.5 Å². The molecule has 40 heavy (non-hydrogen) atoms. The second-order valence-electron chi connectivity index (χ2n) is 8.73. The molecule has 2 N–H and O–H groups in total. The van der Waals surface area contributed by atoms with Gasteiger partial charge in [0, 0.05) is 44.5 Å². The Morgan fingerprint density at radius 1 is 0.675 bits per heavy atom. The third kappa shape index (κ3) is 3.83. The van der Waals surface area contributed by atoms with Gasteiger partial charge in [-0.25, -0.2) is 20.2 Å². The van der Waals surface area contributed by atoms with Gasteiger partial charge >= 0.3 is 0 Å². The van der Waals surface area contributed by atoms with E-state index in [0.29, 0.717) is 22.3 Å². The lowest BCUT2D eigenvalue weighted by Crippen LogP contribution is -1.97. The third-order valence-electron chi connectivity index (χ3n) is 6.59. The monoisotopic (exact) mass is 518 g/mol. The molecule has 0 aromatic heterocycles. The second kappa shape index (κ2) is 9.77. The van der Waals surface area contributed by atoms with Crippen molar-refractivity contribution in [3.05, 3.63) is 139 Å². The number of phenolic OH excluding ortho intramolecular Hbond substituents is 2.